The smallest absolute Gasteiger partial charge is 0.350 e. The van der Waals surface area contributed by atoms with Crippen LogP contribution in [0.5, 0.6) is 0 Å². The predicted octanol–water partition coefficient (Wildman–Crippen LogP) is 0.485. The molecule has 0 aliphatic heterocycles. The molecular weight excluding hydrogens is 232 g/mol. The second-order valence-electron chi connectivity index (χ2n) is 3.34. The Balaban J connectivity index is 4.42. The topological polar surface area (TPSA) is 83.5 Å². The van der Waals surface area contributed by atoms with Crippen molar-refractivity contribution in [3.05, 3.63) is 0 Å². The average Bonchev–Trinajstić information content (AvgIpc) is 2.02. The number of aliphatic carboxylic acids is 1. The number of hydrogen-bond donors (Lipinski definition) is 2. The fourth-order valence-corrected chi connectivity index (χ4v) is 1.41. The maximum absolute atomic E-state index is 11.9. The van der Waals surface area contributed by atoms with E-state index in [1.165, 1.54) is 0 Å². The van der Waals surface area contributed by atoms with E-state index in [1.54, 1.807) is 18.6 Å². The van der Waals surface area contributed by atoms with E-state index < -0.39 is 34.2 Å². The fraction of sp³-hybridized carbons (Fsp3) is 0.857. The van der Waals surface area contributed by atoms with E-state index in [4.69, 9.17) is 5.11 Å². The summed E-state index contributed by atoms with van der Waals surface area (Å²) in [6, 6.07) is 0. The highest BCUT2D eigenvalue weighted by Crippen LogP contribution is 2.11. The van der Waals surface area contributed by atoms with Crippen molar-refractivity contribution in [1.82, 2.24) is 4.72 Å². The van der Waals surface area contributed by atoms with Gasteiger partial charge in [0.1, 0.15) is 0 Å². The molecule has 0 bridgehead atoms. The van der Waals surface area contributed by atoms with Crippen LogP contribution in [0.1, 0.15) is 13.8 Å². The number of alkyl halides is 2. The highest BCUT2D eigenvalue weighted by molar-refractivity contribution is 7.89. The number of halogens is 2. The predicted molar refractivity (Wildman–Crippen MR) is 48.9 cm³/mol. The third kappa shape index (κ3) is 4.52. The minimum absolute atomic E-state index is 0.345. The molecule has 0 saturated heterocycles. The molecule has 0 amide bonds. The zero-order valence-corrected chi connectivity index (χ0v) is 9.09. The van der Waals surface area contributed by atoms with Crippen LogP contribution in [0, 0.1) is 11.8 Å². The van der Waals surface area contributed by atoms with E-state index >= 15 is 0 Å². The maximum Gasteiger partial charge on any atom is 0.350 e. The van der Waals surface area contributed by atoms with E-state index in [0.29, 0.717) is 0 Å². The van der Waals surface area contributed by atoms with Gasteiger partial charge in [-0.05, 0) is 5.92 Å². The van der Waals surface area contributed by atoms with Crippen molar-refractivity contribution in [2.24, 2.45) is 11.8 Å². The summed E-state index contributed by atoms with van der Waals surface area (Å²) in [5, 5.41) is 8.66. The Hall–Kier alpha value is -0.760. The number of carboxylic acid groups (broad SMARTS) is 1. The van der Waals surface area contributed by atoms with Gasteiger partial charge in [-0.3, -0.25) is 4.79 Å². The molecule has 0 spiro atoms. The molecule has 0 heterocycles. The third-order valence-corrected chi connectivity index (χ3v) is 2.90. The first-order chi connectivity index (χ1) is 6.68. The monoisotopic (exact) mass is 245 g/mol. The van der Waals surface area contributed by atoms with Gasteiger partial charge in [-0.15, -0.1) is 0 Å². The Morgan fingerprint density at radius 1 is 1.40 bits per heavy atom. The van der Waals surface area contributed by atoms with Crippen molar-refractivity contribution >= 4 is 16.0 Å². The molecule has 5 nitrogen and oxygen atoms in total. The Morgan fingerprint density at radius 2 is 1.87 bits per heavy atom. The first-order valence-electron chi connectivity index (χ1n) is 4.18. The third-order valence-electron chi connectivity index (χ3n) is 1.86. The van der Waals surface area contributed by atoms with Crippen molar-refractivity contribution in [3.8, 4) is 0 Å². The van der Waals surface area contributed by atoms with Crippen molar-refractivity contribution in [1.29, 1.82) is 0 Å². The normalized spacial score (nSPS) is 14.5. The summed E-state index contributed by atoms with van der Waals surface area (Å²) in [7, 11) is -4.71. The Kier molecular flexibility index (Phi) is 5.09. The van der Waals surface area contributed by atoms with Crippen LogP contribution in [0.15, 0.2) is 0 Å². The molecule has 0 aromatic rings. The largest absolute Gasteiger partial charge is 0.481 e. The van der Waals surface area contributed by atoms with Gasteiger partial charge in [0.05, 0.1) is 5.92 Å². The molecule has 15 heavy (non-hydrogen) atoms. The first-order valence-corrected chi connectivity index (χ1v) is 5.72. The number of rotatable bonds is 6. The molecule has 8 heteroatoms. The fourth-order valence-electron chi connectivity index (χ4n) is 0.877. The lowest BCUT2D eigenvalue weighted by Crippen LogP contribution is -2.38. The van der Waals surface area contributed by atoms with Gasteiger partial charge in [-0.1, -0.05) is 13.8 Å². The lowest BCUT2D eigenvalue weighted by molar-refractivity contribution is -0.142. The van der Waals surface area contributed by atoms with Gasteiger partial charge in [0.15, 0.2) is 0 Å². The van der Waals surface area contributed by atoms with E-state index in [9.17, 15) is 22.0 Å². The highest BCUT2D eigenvalue weighted by Gasteiger charge is 2.28. The molecule has 1 atom stereocenters. The van der Waals surface area contributed by atoms with Gasteiger partial charge in [0, 0.05) is 6.54 Å². The summed E-state index contributed by atoms with van der Waals surface area (Å²) in [5.74, 6) is -6.12. The van der Waals surface area contributed by atoms with Crippen molar-refractivity contribution in [3.63, 3.8) is 0 Å². The van der Waals surface area contributed by atoms with Crippen LogP contribution in [-0.4, -0.2) is 31.8 Å². The summed E-state index contributed by atoms with van der Waals surface area (Å²) in [6.07, 6.45) is 0. The Labute approximate surface area is 86.5 Å². The molecule has 0 aromatic heterocycles. The Morgan fingerprint density at radius 3 is 2.13 bits per heavy atom. The average molecular weight is 245 g/mol. The zero-order chi connectivity index (χ0) is 12.2. The minimum atomic E-state index is -4.71. The van der Waals surface area contributed by atoms with Crippen LogP contribution in [0.4, 0.5) is 8.78 Å². The molecule has 0 fully saturated rings. The maximum atomic E-state index is 11.9. The molecule has 0 aliphatic rings. The van der Waals surface area contributed by atoms with E-state index in [1.807, 2.05) is 0 Å². The number of sulfonamides is 1. The summed E-state index contributed by atoms with van der Waals surface area (Å²) >= 11 is 0. The van der Waals surface area contributed by atoms with Gasteiger partial charge in [-0.25, -0.2) is 13.1 Å². The second-order valence-corrected chi connectivity index (χ2v) is 5.08. The molecule has 1 unspecified atom stereocenters. The van der Waals surface area contributed by atoms with Gasteiger partial charge in [-0.2, -0.15) is 8.78 Å². The number of hydrogen-bond acceptors (Lipinski definition) is 3. The van der Waals surface area contributed by atoms with Gasteiger partial charge >= 0.3 is 11.7 Å². The molecule has 0 rings (SSSR count). The van der Waals surface area contributed by atoms with Gasteiger partial charge in [0.2, 0.25) is 0 Å². The molecule has 0 radical (unpaired) electrons. The molecule has 0 aromatic carbocycles. The van der Waals surface area contributed by atoms with Crippen LogP contribution >= 0.6 is 0 Å². The summed E-state index contributed by atoms with van der Waals surface area (Å²) in [5.41, 5.74) is 0. The van der Waals surface area contributed by atoms with Crippen molar-refractivity contribution in [2.75, 3.05) is 6.54 Å². The second kappa shape index (κ2) is 5.36. The molecule has 0 aliphatic carbocycles. The molecule has 0 saturated carbocycles. The van der Waals surface area contributed by atoms with Crippen molar-refractivity contribution in [2.45, 2.75) is 19.6 Å². The summed E-state index contributed by atoms with van der Waals surface area (Å²) < 4.78 is 46.5. The molecular formula is C7H13F2NO4S. The Bertz CT molecular complexity index is 315. The first kappa shape index (κ1) is 14.2. The van der Waals surface area contributed by atoms with Gasteiger partial charge < -0.3 is 5.11 Å². The minimum Gasteiger partial charge on any atom is -0.481 e. The number of carboxylic acids is 1. The van der Waals surface area contributed by atoms with E-state index in [2.05, 4.69) is 0 Å². The standard InChI is InChI=1S/C7H13F2NO4S/c1-4(2)5(6(11)12)3-10-15(13,14)7(8)9/h4-5,7,10H,3H2,1-2H3,(H,11,12). The van der Waals surface area contributed by atoms with Crippen LogP contribution < -0.4 is 4.72 Å². The highest BCUT2D eigenvalue weighted by atomic mass is 32.2. The molecule has 2 N–H and O–H groups in total. The quantitative estimate of drug-likeness (QED) is 0.713. The van der Waals surface area contributed by atoms with Crippen LogP contribution in [-0.2, 0) is 14.8 Å². The number of nitrogens with one attached hydrogen (secondary N) is 1. The number of carbonyl (C=O) groups is 1. The lowest BCUT2D eigenvalue weighted by atomic mass is 9.97. The van der Waals surface area contributed by atoms with Crippen LogP contribution in [0.2, 0.25) is 0 Å². The van der Waals surface area contributed by atoms with Gasteiger partial charge in [0.25, 0.3) is 10.0 Å². The lowest BCUT2D eigenvalue weighted by Gasteiger charge is -2.16. The van der Waals surface area contributed by atoms with Crippen molar-refractivity contribution < 1.29 is 27.1 Å². The molecule has 90 valence electrons. The van der Waals surface area contributed by atoms with Crippen LogP contribution in [0.3, 0.4) is 0 Å². The van der Waals surface area contributed by atoms with E-state index in [-0.39, 0.29) is 5.92 Å². The summed E-state index contributed by atoms with van der Waals surface area (Å²) in [4.78, 5) is 10.6. The van der Waals surface area contributed by atoms with Crippen LogP contribution in [0.25, 0.3) is 0 Å². The van der Waals surface area contributed by atoms with E-state index in [0.717, 1.165) is 0 Å². The SMILES string of the molecule is CC(C)C(CNS(=O)(=O)C(F)F)C(=O)O. The summed E-state index contributed by atoms with van der Waals surface area (Å²) in [6.45, 7) is 2.60. The zero-order valence-electron chi connectivity index (χ0n) is 8.28.